The second-order valence-electron chi connectivity index (χ2n) is 6.80. The Balaban J connectivity index is 1.54. The van der Waals surface area contributed by atoms with E-state index in [0.29, 0.717) is 19.8 Å². The van der Waals surface area contributed by atoms with Crippen LogP contribution in [0.25, 0.3) is 0 Å². The molecule has 3 aromatic rings. The predicted molar refractivity (Wildman–Crippen MR) is 109 cm³/mol. The third-order valence-corrected chi connectivity index (χ3v) is 4.39. The second kappa shape index (κ2) is 10.6. The molecule has 3 aromatic carbocycles. The molecule has 0 radical (unpaired) electrons. The van der Waals surface area contributed by atoms with Crippen LogP contribution in [0.4, 0.5) is 0 Å². The van der Waals surface area contributed by atoms with Crippen molar-refractivity contribution >= 4 is 0 Å². The first-order valence-corrected chi connectivity index (χ1v) is 9.39. The van der Waals surface area contributed by atoms with Gasteiger partial charge in [0.15, 0.2) is 0 Å². The van der Waals surface area contributed by atoms with Gasteiger partial charge in [-0.05, 0) is 16.7 Å². The van der Waals surface area contributed by atoms with E-state index in [1.165, 1.54) is 11.1 Å². The summed E-state index contributed by atoms with van der Waals surface area (Å²) in [7, 11) is 0. The van der Waals surface area contributed by atoms with Crippen molar-refractivity contribution in [2.45, 2.75) is 25.8 Å². The lowest BCUT2D eigenvalue weighted by Crippen LogP contribution is -2.34. The van der Waals surface area contributed by atoms with Crippen LogP contribution in [0.5, 0.6) is 0 Å². The summed E-state index contributed by atoms with van der Waals surface area (Å²) >= 11 is 0. The summed E-state index contributed by atoms with van der Waals surface area (Å²) in [5.41, 5.74) is 3.60. The first-order chi connectivity index (χ1) is 13.3. The number of hydrogen-bond acceptors (Lipinski definition) is 3. The molecule has 3 rings (SSSR count). The van der Waals surface area contributed by atoms with Gasteiger partial charge in [0, 0.05) is 19.6 Å². The summed E-state index contributed by atoms with van der Waals surface area (Å²) in [6.07, 6.45) is -0.527. The van der Waals surface area contributed by atoms with E-state index in [2.05, 4.69) is 53.4 Å². The maximum atomic E-state index is 10.5. The Morgan fingerprint density at radius 2 is 1.11 bits per heavy atom. The summed E-state index contributed by atoms with van der Waals surface area (Å²) in [6.45, 7) is 3.01. The van der Waals surface area contributed by atoms with Gasteiger partial charge in [-0.1, -0.05) is 91.0 Å². The molecule has 140 valence electrons. The number of aliphatic hydroxyl groups is 1. The minimum absolute atomic E-state index is 0.328. The third-order valence-electron chi connectivity index (χ3n) is 4.39. The van der Waals surface area contributed by atoms with Crippen LogP contribution in [-0.2, 0) is 24.4 Å². The van der Waals surface area contributed by atoms with Gasteiger partial charge >= 0.3 is 0 Å². The maximum absolute atomic E-state index is 10.5. The van der Waals surface area contributed by atoms with E-state index in [4.69, 9.17) is 4.74 Å². The fourth-order valence-corrected chi connectivity index (χ4v) is 3.11. The first-order valence-electron chi connectivity index (χ1n) is 9.39. The van der Waals surface area contributed by atoms with Crippen LogP contribution in [0.2, 0.25) is 0 Å². The van der Waals surface area contributed by atoms with Crippen LogP contribution < -0.4 is 0 Å². The highest BCUT2D eigenvalue weighted by Crippen LogP contribution is 2.11. The highest BCUT2D eigenvalue weighted by Gasteiger charge is 2.13. The molecule has 0 aliphatic heterocycles. The summed E-state index contributed by atoms with van der Waals surface area (Å²) in [4.78, 5) is 2.27. The van der Waals surface area contributed by atoms with Gasteiger partial charge in [-0.15, -0.1) is 0 Å². The summed E-state index contributed by atoms with van der Waals surface area (Å²) in [5.74, 6) is 0. The molecule has 0 spiro atoms. The van der Waals surface area contributed by atoms with E-state index in [1.54, 1.807) is 0 Å². The summed E-state index contributed by atoms with van der Waals surface area (Å²) in [5, 5.41) is 10.5. The normalized spacial score (nSPS) is 12.2. The molecule has 0 aliphatic carbocycles. The predicted octanol–water partition coefficient (Wildman–Crippen LogP) is 4.27. The lowest BCUT2D eigenvalue weighted by Gasteiger charge is -2.25. The smallest absolute Gasteiger partial charge is 0.0900 e. The van der Waals surface area contributed by atoms with Crippen molar-refractivity contribution in [3.05, 3.63) is 108 Å². The molecule has 0 fully saturated rings. The van der Waals surface area contributed by atoms with E-state index in [0.717, 1.165) is 18.7 Å². The zero-order valence-electron chi connectivity index (χ0n) is 15.6. The highest BCUT2D eigenvalue weighted by atomic mass is 16.5. The average molecular weight is 361 g/mol. The number of benzene rings is 3. The fourth-order valence-electron chi connectivity index (χ4n) is 3.11. The lowest BCUT2D eigenvalue weighted by atomic mass is 10.1. The Labute approximate surface area is 161 Å². The minimum Gasteiger partial charge on any atom is -0.389 e. The molecule has 0 aliphatic rings. The number of ether oxygens (including phenoxy) is 1. The molecule has 0 amide bonds. The fraction of sp³-hybridized carbons (Fsp3) is 0.250. The standard InChI is InChI=1S/C24H27NO2/c26-24(20-27-19-23-14-8-3-9-15-23)18-25(16-21-10-4-1-5-11-21)17-22-12-6-2-7-13-22/h1-15,24,26H,16-20H2/t24-/m1/s1. The SMILES string of the molecule is O[C@@H](COCc1ccccc1)CN(Cc1ccccc1)Cc1ccccc1. The lowest BCUT2D eigenvalue weighted by molar-refractivity contribution is 0.00713. The van der Waals surface area contributed by atoms with Crippen LogP contribution >= 0.6 is 0 Å². The monoisotopic (exact) mass is 361 g/mol. The number of aliphatic hydroxyl groups excluding tert-OH is 1. The van der Waals surface area contributed by atoms with E-state index >= 15 is 0 Å². The van der Waals surface area contributed by atoms with Gasteiger partial charge in [0.25, 0.3) is 0 Å². The summed E-state index contributed by atoms with van der Waals surface area (Å²) in [6, 6.07) is 30.8. The van der Waals surface area contributed by atoms with Crippen LogP contribution in [0.15, 0.2) is 91.0 Å². The largest absolute Gasteiger partial charge is 0.389 e. The molecule has 0 heterocycles. The van der Waals surface area contributed by atoms with Crippen molar-refractivity contribution in [2.75, 3.05) is 13.2 Å². The van der Waals surface area contributed by atoms with Crippen LogP contribution in [0, 0.1) is 0 Å². The molecule has 0 saturated heterocycles. The van der Waals surface area contributed by atoms with E-state index < -0.39 is 6.10 Å². The van der Waals surface area contributed by atoms with Crippen LogP contribution in [0.3, 0.4) is 0 Å². The van der Waals surface area contributed by atoms with Gasteiger partial charge in [-0.2, -0.15) is 0 Å². The van der Waals surface area contributed by atoms with Crippen molar-refractivity contribution in [2.24, 2.45) is 0 Å². The molecular formula is C24H27NO2. The Kier molecular flexibility index (Phi) is 7.60. The van der Waals surface area contributed by atoms with Gasteiger partial charge in [-0.25, -0.2) is 0 Å². The second-order valence-corrected chi connectivity index (χ2v) is 6.80. The van der Waals surface area contributed by atoms with E-state index in [1.807, 2.05) is 42.5 Å². The maximum Gasteiger partial charge on any atom is 0.0900 e. The minimum atomic E-state index is -0.527. The Morgan fingerprint density at radius 3 is 1.59 bits per heavy atom. The molecule has 1 atom stereocenters. The molecule has 0 unspecified atom stereocenters. The first kappa shape index (κ1) is 19.3. The van der Waals surface area contributed by atoms with Gasteiger partial charge in [0.1, 0.15) is 0 Å². The zero-order chi connectivity index (χ0) is 18.7. The number of nitrogens with zero attached hydrogens (tertiary/aromatic N) is 1. The van der Waals surface area contributed by atoms with Gasteiger partial charge < -0.3 is 9.84 Å². The number of hydrogen-bond donors (Lipinski definition) is 1. The van der Waals surface area contributed by atoms with Gasteiger partial charge in [0.2, 0.25) is 0 Å². The van der Waals surface area contributed by atoms with Gasteiger partial charge in [-0.3, -0.25) is 4.90 Å². The van der Waals surface area contributed by atoms with Crippen molar-refractivity contribution in [3.63, 3.8) is 0 Å². The topological polar surface area (TPSA) is 32.7 Å². The van der Waals surface area contributed by atoms with E-state index in [-0.39, 0.29) is 0 Å². The molecule has 0 saturated carbocycles. The zero-order valence-corrected chi connectivity index (χ0v) is 15.6. The van der Waals surface area contributed by atoms with Crippen molar-refractivity contribution in [3.8, 4) is 0 Å². The van der Waals surface area contributed by atoms with Crippen molar-refractivity contribution < 1.29 is 9.84 Å². The molecule has 3 nitrogen and oxygen atoms in total. The quantitative estimate of drug-likeness (QED) is 0.585. The molecule has 3 heteroatoms. The van der Waals surface area contributed by atoms with Gasteiger partial charge in [0.05, 0.1) is 19.3 Å². The highest BCUT2D eigenvalue weighted by molar-refractivity contribution is 5.17. The van der Waals surface area contributed by atoms with Crippen molar-refractivity contribution in [1.29, 1.82) is 0 Å². The third kappa shape index (κ3) is 6.99. The van der Waals surface area contributed by atoms with Crippen LogP contribution in [0.1, 0.15) is 16.7 Å². The molecule has 27 heavy (non-hydrogen) atoms. The molecule has 0 aromatic heterocycles. The Morgan fingerprint density at radius 1 is 0.667 bits per heavy atom. The Hall–Kier alpha value is -2.46. The summed E-state index contributed by atoms with van der Waals surface area (Å²) < 4.78 is 5.71. The van der Waals surface area contributed by atoms with Crippen molar-refractivity contribution in [1.82, 2.24) is 4.90 Å². The van der Waals surface area contributed by atoms with Crippen LogP contribution in [-0.4, -0.2) is 29.3 Å². The Bertz CT molecular complexity index is 721. The molecule has 1 N–H and O–H groups in total. The molecular weight excluding hydrogens is 334 g/mol. The van der Waals surface area contributed by atoms with E-state index in [9.17, 15) is 5.11 Å². The average Bonchev–Trinajstić information content (AvgIpc) is 2.70. The number of rotatable bonds is 10. The molecule has 0 bridgehead atoms.